The maximum Gasteiger partial charge on any atom is 0.241 e. The number of nitrogen functional groups attached to an aromatic ring is 1. The summed E-state index contributed by atoms with van der Waals surface area (Å²) in [5.41, 5.74) is 2.96. The van der Waals surface area contributed by atoms with Crippen LogP contribution in [0.3, 0.4) is 0 Å². The van der Waals surface area contributed by atoms with Gasteiger partial charge in [0, 0.05) is 13.6 Å². The van der Waals surface area contributed by atoms with Crippen molar-refractivity contribution in [1.29, 1.82) is 0 Å². The fourth-order valence-corrected chi connectivity index (χ4v) is 1.71. The average Bonchev–Trinajstić information content (AvgIpc) is 2.91. The van der Waals surface area contributed by atoms with E-state index in [4.69, 9.17) is 5.84 Å². The van der Waals surface area contributed by atoms with Gasteiger partial charge in [0.2, 0.25) is 11.9 Å². The lowest BCUT2D eigenvalue weighted by Gasteiger charge is -2.21. The summed E-state index contributed by atoms with van der Waals surface area (Å²) >= 11 is 0. The van der Waals surface area contributed by atoms with E-state index in [1.807, 2.05) is 11.8 Å². The summed E-state index contributed by atoms with van der Waals surface area (Å²) in [6, 6.07) is 0. The first-order valence-electron chi connectivity index (χ1n) is 5.82. The second-order valence-corrected chi connectivity index (χ2v) is 3.83. The molecule has 9 heteroatoms. The number of fused-ring (bicyclic) bond motifs is 1. The molecule has 5 N–H and O–H groups in total. The van der Waals surface area contributed by atoms with Gasteiger partial charge in [-0.3, -0.25) is 15.3 Å². The molecular formula is C10H16N8O. The largest absolute Gasteiger partial charge is 0.358 e. The van der Waals surface area contributed by atoms with E-state index in [1.54, 1.807) is 13.2 Å². The van der Waals surface area contributed by atoms with Crippen LogP contribution < -0.4 is 21.5 Å². The highest BCUT2D eigenvalue weighted by Gasteiger charge is 2.16. The van der Waals surface area contributed by atoms with Crippen LogP contribution in [0.2, 0.25) is 0 Å². The smallest absolute Gasteiger partial charge is 0.241 e. The summed E-state index contributed by atoms with van der Waals surface area (Å²) in [6.07, 6.45) is 1.62. The van der Waals surface area contributed by atoms with Crippen LogP contribution in [0.4, 0.5) is 11.8 Å². The van der Waals surface area contributed by atoms with Crippen LogP contribution in [0, 0.1) is 0 Å². The molecular weight excluding hydrogens is 248 g/mol. The molecule has 2 rings (SSSR count). The van der Waals surface area contributed by atoms with Gasteiger partial charge in [0.25, 0.3) is 0 Å². The number of carbonyl (C=O) groups excluding carboxylic acids is 1. The molecule has 0 atom stereocenters. The lowest BCUT2D eigenvalue weighted by Crippen LogP contribution is -2.36. The molecule has 0 aromatic carbocycles. The van der Waals surface area contributed by atoms with Crippen molar-refractivity contribution in [2.45, 2.75) is 6.92 Å². The minimum absolute atomic E-state index is 0.0978. The molecule has 0 spiro atoms. The van der Waals surface area contributed by atoms with Gasteiger partial charge >= 0.3 is 0 Å². The summed E-state index contributed by atoms with van der Waals surface area (Å²) in [4.78, 5) is 21.8. The predicted molar refractivity (Wildman–Crippen MR) is 71.4 cm³/mol. The van der Waals surface area contributed by atoms with Crippen molar-refractivity contribution in [3.63, 3.8) is 0 Å². The molecule has 2 heterocycles. The van der Waals surface area contributed by atoms with Crippen molar-refractivity contribution in [1.82, 2.24) is 25.5 Å². The number of aromatic nitrogens is 4. The lowest BCUT2D eigenvalue weighted by molar-refractivity contribution is -0.119. The number of aromatic amines is 1. The number of hydrazine groups is 1. The third-order valence-corrected chi connectivity index (χ3v) is 2.71. The third-order valence-electron chi connectivity index (χ3n) is 2.71. The zero-order chi connectivity index (χ0) is 13.8. The van der Waals surface area contributed by atoms with Crippen molar-refractivity contribution in [3.05, 3.63) is 6.20 Å². The molecule has 0 unspecified atom stereocenters. The van der Waals surface area contributed by atoms with Crippen LogP contribution in [0.25, 0.3) is 11.0 Å². The van der Waals surface area contributed by atoms with E-state index in [0.29, 0.717) is 18.0 Å². The monoisotopic (exact) mass is 264 g/mol. The van der Waals surface area contributed by atoms with Crippen molar-refractivity contribution in [3.8, 4) is 0 Å². The number of H-pyrrole nitrogens is 1. The summed E-state index contributed by atoms with van der Waals surface area (Å²) in [7, 11) is 1.59. The van der Waals surface area contributed by atoms with Crippen LogP contribution in [-0.4, -0.2) is 46.2 Å². The van der Waals surface area contributed by atoms with Crippen LogP contribution >= 0.6 is 0 Å². The highest BCUT2D eigenvalue weighted by molar-refractivity contribution is 5.90. The molecule has 0 aliphatic heterocycles. The highest BCUT2D eigenvalue weighted by atomic mass is 16.1. The second kappa shape index (κ2) is 5.48. The van der Waals surface area contributed by atoms with Gasteiger partial charge in [-0.15, -0.1) is 0 Å². The van der Waals surface area contributed by atoms with Crippen molar-refractivity contribution < 1.29 is 4.79 Å². The summed E-state index contributed by atoms with van der Waals surface area (Å²) in [5.74, 6) is 6.12. The Morgan fingerprint density at radius 2 is 2.32 bits per heavy atom. The zero-order valence-electron chi connectivity index (χ0n) is 10.8. The number of carbonyl (C=O) groups is 1. The van der Waals surface area contributed by atoms with Gasteiger partial charge in [0.15, 0.2) is 5.65 Å². The number of likely N-dealkylation sites (N-methyl/N-ethyl adjacent to an activating group) is 2. The van der Waals surface area contributed by atoms with Gasteiger partial charge in [0.05, 0.1) is 18.1 Å². The molecule has 1 amide bonds. The van der Waals surface area contributed by atoms with Crippen molar-refractivity contribution >= 4 is 28.7 Å². The molecule has 0 radical (unpaired) electrons. The number of nitrogens with zero attached hydrogens (tertiary/aromatic N) is 4. The minimum Gasteiger partial charge on any atom is -0.358 e. The fourth-order valence-electron chi connectivity index (χ4n) is 1.71. The molecule has 0 saturated heterocycles. The van der Waals surface area contributed by atoms with Gasteiger partial charge < -0.3 is 10.2 Å². The Morgan fingerprint density at radius 3 is 2.95 bits per heavy atom. The fraction of sp³-hybridized carbons (Fsp3) is 0.400. The number of nitrogens with two attached hydrogens (primary N) is 1. The third kappa shape index (κ3) is 2.55. The molecule has 0 aliphatic carbocycles. The number of rotatable bonds is 5. The van der Waals surface area contributed by atoms with E-state index >= 15 is 0 Å². The van der Waals surface area contributed by atoms with Gasteiger partial charge in [0.1, 0.15) is 5.82 Å². The Hall–Kier alpha value is -2.42. The first-order chi connectivity index (χ1) is 9.19. The minimum atomic E-state index is -0.0978. The molecule has 2 aromatic rings. The maximum atomic E-state index is 11.5. The molecule has 9 nitrogen and oxygen atoms in total. The SMILES string of the molecule is CCN(CC(=O)NC)c1nc(NN)nc2[nH]ncc12. The van der Waals surface area contributed by atoms with Gasteiger partial charge in [-0.1, -0.05) is 0 Å². The Balaban J connectivity index is 2.45. The first kappa shape index (κ1) is 13.0. The highest BCUT2D eigenvalue weighted by Crippen LogP contribution is 2.23. The average molecular weight is 264 g/mol. The van der Waals surface area contributed by atoms with E-state index < -0.39 is 0 Å². The number of anilines is 2. The van der Waals surface area contributed by atoms with E-state index in [0.717, 1.165) is 5.39 Å². The standard InChI is InChI=1S/C10H16N8O/c1-3-18(5-7(19)12-2)9-6-4-13-17-8(6)14-10(15-9)16-11/h4H,3,5,11H2,1-2H3,(H,12,19)(H2,13,14,15,16,17). The quantitative estimate of drug-likeness (QED) is 0.412. The molecule has 0 bridgehead atoms. The Kier molecular flexibility index (Phi) is 3.76. The van der Waals surface area contributed by atoms with E-state index in [-0.39, 0.29) is 18.4 Å². The molecule has 19 heavy (non-hydrogen) atoms. The van der Waals surface area contributed by atoms with E-state index in [9.17, 15) is 4.79 Å². The van der Waals surface area contributed by atoms with Gasteiger partial charge in [-0.2, -0.15) is 15.1 Å². The first-order valence-corrected chi connectivity index (χ1v) is 5.82. The molecule has 2 aromatic heterocycles. The van der Waals surface area contributed by atoms with Crippen LogP contribution in [-0.2, 0) is 4.79 Å². The van der Waals surface area contributed by atoms with Crippen molar-refractivity contribution in [2.75, 3.05) is 30.5 Å². The summed E-state index contributed by atoms with van der Waals surface area (Å²) < 4.78 is 0. The molecule has 0 fully saturated rings. The molecule has 0 aliphatic rings. The van der Waals surface area contributed by atoms with Gasteiger partial charge in [-0.25, -0.2) is 5.84 Å². The topological polar surface area (TPSA) is 125 Å². The summed E-state index contributed by atoms with van der Waals surface area (Å²) in [5, 5.41) is 10.0. The molecule has 0 saturated carbocycles. The van der Waals surface area contributed by atoms with E-state index in [1.165, 1.54) is 0 Å². The number of nitrogens with one attached hydrogen (secondary N) is 3. The number of amides is 1. The van der Waals surface area contributed by atoms with Crippen LogP contribution in [0.5, 0.6) is 0 Å². The van der Waals surface area contributed by atoms with Crippen LogP contribution in [0.1, 0.15) is 6.92 Å². The summed E-state index contributed by atoms with van der Waals surface area (Å²) in [6.45, 7) is 2.76. The lowest BCUT2D eigenvalue weighted by atomic mass is 10.3. The second-order valence-electron chi connectivity index (χ2n) is 3.83. The number of hydrogen-bond donors (Lipinski definition) is 4. The predicted octanol–water partition coefficient (Wildman–Crippen LogP) is -0.789. The van der Waals surface area contributed by atoms with Crippen LogP contribution in [0.15, 0.2) is 6.20 Å². The Labute approximate surface area is 109 Å². The zero-order valence-corrected chi connectivity index (χ0v) is 10.8. The normalized spacial score (nSPS) is 10.5. The van der Waals surface area contributed by atoms with E-state index in [2.05, 4.69) is 30.9 Å². The van der Waals surface area contributed by atoms with Crippen molar-refractivity contribution in [2.24, 2.45) is 5.84 Å². The number of hydrogen-bond acceptors (Lipinski definition) is 7. The Bertz CT molecular complexity index is 580. The Morgan fingerprint density at radius 1 is 1.53 bits per heavy atom. The van der Waals surface area contributed by atoms with Gasteiger partial charge in [-0.05, 0) is 6.92 Å². The maximum absolute atomic E-state index is 11.5. The molecule has 102 valence electrons.